The molecular formula is C14H19N3O. The molecule has 0 aliphatic carbocycles. The van der Waals surface area contributed by atoms with Gasteiger partial charge < -0.3 is 16.2 Å². The molecule has 0 aliphatic rings. The van der Waals surface area contributed by atoms with Gasteiger partial charge in [-0.1, -0.05) is 6.92 Å². The molecule has 2 unspecified atom stereocenters. The van der Waals surface area contributed by atoms with Gasteiger partial charge >= 0.3 is 0 Å². The molecule has 0 bridgehead atoms. The molecule has 96 valence electrons. The number of pyridine rings is 1. The Balaban J connectivity index is 2.37. The summed E-state index contributed by atoms with van der Waals surface area (Å²) in [5, 5.41) is 13.5. The van der Waals surface area contributed by atoms with Gasteiger partial charge in [0.05, 0.1) is 11.2 Å². The minimum atomic E-state index is 0.161. The normalized spacial score (nSPS) is 14.4. The topological polar surface area (TPSA) is 71.2 Å². The zero-order chi connectivity index (χ0) is 13.1. The molecule has 0 saturated heterocycles. The Morgan fingerprint density at radius 1 is 1.33 bits per heavy atom. The van der Waals surface area contributed by atoms with Crippen molar-refractivity contribution in [2.24, 2.45) is 5.92 Å². The van der Waals surface area contributed by atoms with Crippen molar-refractivity contribution < 1.29 is 5.11 Å². The first-order valence-electron chi connectivity index (χ1n) is 6.14. The Labute approximate surface area is 107 Å². The smallest absolute Gasteiger partial charge is 0.0953 e. The van der Waals surface area contributed by atoms with E-state index in [1.165, 1.54) is 0 Å². The predicted molar refractivity (Wildman–Crippen MR) is 75.5 cm³/mol. The van der Waals surface area contributed by atoms with Crippen molar-refractivity contribution in [2.45, 2.75) is 19.9 Å². The van der Waals surface area contributed by atoms with E-state index in [0.717, 1.165) is 22.3 Å². The highest BCUT2D eigenvalue weighted by Gasteiger charge is 2.13. The minimum absolute atomic E-state index is 0.161. The Morgan fingerprint density at radius 2 is 2.11 bits per heavy atom. The fourth-order valence-electron chi connectivity index (χ4n) is 1.86. The quantitative estimate of drug-likeness (QED) is 0.722. The number of aromatic nitrogens is 1. The Morgan fingerprint density at radius 3 is 2.83 bits per heavy atom. The molecule has 18 heavy (non-hydrogen) atoms. The van der Waals surface area contributed by atoms with Gasteiger partial charge in [-0.15, -0.1) is 0 Å². The van der Waals surface area contributed by atoms with Crippen molar-refractivity contribution >= 4 is 22.3 Å². The number of hydrogen-bond acceptors (Lipinski definition) is 4. The lowest BCUT2D eigenvalue weighted by molar-refractivity contribution is 0.226. The molecular weight excluding hydrogens is 226 g/mol. The SMILES string of the molecule is CC(CO)C(C)Nc1ccc(N)c2cccnc12. The predicted octanol–water partition coefficient (Wildman–Crippen LogP) is 2.25. The third-order valence-corrected chi connectivity index (χ3v) is 3.33. The standard InChI is InChI=1S/C14H19N3O/c1-9(8-18)10(2)17-13-6-5-12(15)11-4-3-7-16-14(11)13/h3-7,9-10,17-18H,8,15H2,1-2H3. The van der Waals surface area contributed by atoms with E-state index in [1.807, 2.05) is 38.1 Å². The summed E-state index contributed by atoms with van der Waals surface area (Å²) in [6.07, 6.45) is 1.76. The molecule has 0 spiro atoms. The van der Waals surface area contributed by atoms with Crippen molar-refractivity contribution in [2.75, 3.05) is 17.7 Å². The average Bonchev–Trinajstić information content (AvgIpc) is 2.41. The van der Waals surface area contributed by atoms with Gasteiger partial charge in [0.25, 0.3) is 0 Å². The van der Waals surface area contributed by atoms with Gasteiger partial charge in [-0.3, -0.25) is 4.98 Å². The summed E-state index contributed by atoms with van der Waals surface area (Å²) in [6, 6.07) is 7.82. The lowest BCUT2D eigenvalue weighted by atomic mass is 10.0. The van der Waals surface area contributed by atoms with Gasteiger partial charge in [0.15, 0.2) is 0 Å². The molecule has 4 heteroatoms. The fraction of sp³-hybridized carbons (Fsp3) is 0.357. The van der Waals surface area contributed by atoms with Crippen LogP contribution in [0.5, 0.6) is 0 Å². The number of nitrogens with two attached hydrogens (primary N) is 1. The van der Waals surface area contributed by atoms with Crippen molar-refractivity contribution in [1.29, 1.82) is 0 Å². The number of nitrogens with one attached hydrogen (secondary N) is 1. The molecule has 0 aliphatic heterocycles. The Hall–Kier alpha value is -1.81. The van der Waals surface area contributed by atoms with E-state index < -0.39 is 0 Å². The van der Waals surface area contributed by atoms with Crippen LogP contribution < -0.4 is 11.1 Å². The van der Waals surface area contributed by atoms with Gasteiger partial charge in [-0.2, -0.15) is 0 Å². The Bertz CT molecular complexity index is 542. The number of anilines is 2. The van der Waals surface area contributed by atoms with Crippen molar-refractivity contribution in [3.63, 3.8) is 0 Å². The number of nitrogens with zero attached hydrogens (tertiary/aromatic N) is 1. The van der Waals surface area contributed by atoms with E-state index >= 15 is 0 Å². The van der Waals surface area contributed by atoms with Gasteiger partial charge in [-0.25, -0.2) is 0 Å². The van der Waals surface area contributed by atoms with Crippen molar-refractivity contribution in [1.82, 2.24) is 4.98 Å². The van der Waals surface area contributed by atoms with Crippen LogP contribution in [-0.4, -0.2) is 22.7 Å². The third kappa shape index (κ3) is 2.38. The summed E-state index contributed by atoms with van der Waals surface area (Å²) in [5.41, 5.74) is 8.48. The Kier molecular flexibility index (Phi) is 3.67. The van der Waals surface area contributed by atoms with Crippen LogP contribution in [0.25, 0.3) is 10.9 Å². The van der Waals surface area contributed by atoms with Crippen LogP contribution in [0.2, 0.25) is 0 Å². The van der Waals surface area contributed by atoms with Crippen molar-refractivity contribution in [3.8, 4) is 0 Å². The van der Waals surface area contributed by atoms with E-state index in [-0.39, 0.29) is 18.6 Å². The molecule has 0 fully saturated rings. The van der Waals surface area contributed by atoms with E-state index in [1.54, 1.807) is 6.20 Å². The number of nitrogen functional groups attached to an aromatic ring is 1. The van der Waals surface area contributed by atoms with Gasteiger partial charge in [-0.05, 0) is 37.1 Å². The molecule has 1 aromatic carbocycles. The number of aliphatic hydroxyl groups excluding tert-OH is 1. The van der Waals surface area contributed by atoms with Gasteiger partial charge in [0.2, 0.25) is 0 Å². The number of aliphatic hydroxyl groups is 1. The van der Waals surface area contributed by atoms with Crippen LogP contribution in [0.1, 0.15) is 13.8 Å². The second kappa shape index (κ2) is 5.23. The molecule has 1 heterocycles. The minimum Gasteiger partial charge on any atom is -0.398 e. The first kappa shape index (κ1) is 12.6. The number of hydrogen-bond donors (Lipinski definition) is 3. The van der Waals surface area contributed by atoms with Crippen LogP contribution in [0.4, 0.5) is 11.4 Å². The molecule has 1 aromatic heterocycles. The summed E-state index contributed by atoms with van der Waals surface area (Å²) >= 11 is 0. The van der Waals surface area contributed by atoms with E-state index in [2.05, 4.69) is 10.3 Å². The molecule has 4 N–H and O–H groups in total. The second-order valence-electron chi connectivity index (χ2n) is 4.69. The maximum absolute atomic E-state index is 9.16. The first-order chi connectivity index (χ1) is 8.63. The molecule has 0 radical (unpaired) electrons. The first-order valence-corrected chi connectivity index (χ1v) is 6.14. The second-order valence-corrected chi connectivity index (χ2v) is 4.69. The summed E-state index contributed by atoms with van der Waals surface area (Å²) < 4.78 is 0. The monoisotopic (exact) mass is 245 g/mol. The third-order valence-electron chi connectivity index (χ3n) is 3.33. The highest BCUT2D eigenvalue weighted by molar-refractivity contribution is 5.98. The molecule has 4 nitrogen and oxygen atoms in total. The van der Waals surface area contributed by atoms with E-state index in [9.17, 15) is 0 Å². The van der Waals surface area contributed by atoms with Crippen LogP contribution in [0, 0.1) is 5.92 Å². The highest BCUT2D eigenvalue weighted by Crippen LogP contribution is 2.27. The fourth-order valence-corrected chi connectivity index (χ4v) is 1.86. The number of rotatable bonds is 4. The van der Waals surface area contributed by atoms with Gasteiger partial charge in [0, 0.05) is 29.9 Å². The van der Waals surface area contributed by atoms with Crippen LogP contribution in [0.15, 0.2) is 30.5 Å². The molecule has 0 amide bonds. The highest BCUT2D eigenvalue weighted by atomic mass is 16.3. The largest absolute Gasteiger partial charge is 0.398 e. The van der Waals surface area contributed by atoms with Gasteiger partial charge in [0.1, 0.15) is 0 Å². The maximum atomic E-state index is 9.16. The number of benzene rings is 1. The average molecular weight is 245 g/mol. The molecule has 2 rings (SSSR count). The number of fused-ring (bicyclic) bond motifs is 1. The summed E-state index contributed by atoms with van der Waals surface area (Å²) in [6.45, 7) is 4.21. The van der Waals surface area contributed by atoms with Crippen LogP contribution >= 0.6 is 0 Å². The summed E-state index contributed by atoms with van der Waals surface area (Å²) in [7, 11) is 0. The molecule has 0 saturated carbocycles. The zero-order valence-electron chi connectivity index (χ0n) is 10.7. The lowest BCUT2D eigenvalue weighted by Crippen LogP contribution is -2.26. The van der Waals surface area contributed by atoms with Crippen molar-refractivity contribution in [3.05, 3.63) is 30.5 Å². The summed E-state index contributed by atoms with van der Waals surface area (Å²) in [5.74, 6) is 0.182. The zero-order valence-corrected chi connectivity index (χ0v) is 10.7. The van der Waals surface area contributed by atoms with Crippen LogP contribution in [-0.2, 0) is 0 Å². The molecule has 2 aromatic rings. The summed E-state index contributed by atoms with van der Waals surface area (Å²) in [4.78, 5) is 4.38. The lowest BCUT2D eigenvalue weighted by Gasteiger charge is -2.21. The van der Waals surface area contributed by atoms with E-state index in [0.29, 0.717) is 0 Å². The maximum Gasteiger partial charge on any atom is 0.0953 e. The van der Waals surface area contributed by atoms with Crippen LogP contribution in [0.3, 0.4) is 0 Å². The molecule has 2 atom stereocenters. The van der Waals surface area contributed by atoms with E-state index in [4.69, 9.17) is 10.8 Å².